The SMILES string of the molecule is Cc1ccc(NCC(=O)OC(C)C)cc1C. The first kappa shape index (κ1) is 12.6. The molecule has 0 aliphatic carbocycles. The van der Waals surface area contributed by atoms with Crippen molar-refractivity contribution < 1.29 is 9.53 Å². The minimum atomic E-state index is -0.228. The lowest BCUT2D eigenvalue weighted by molar-refractivity contribution is -0.145. The smallest absolute Gasteiger partial charge is 0.325 e. The van der Waals surface area contributed by atoms with Crippen LogP contribution in [0, 0.1) is 13.8 Å². The molecular weight excluding hydrogens is 202 g/mol. The van der Waals surface area contributed by atoms with Crippen molar-refractivity contribution >= 4 is 11.7 Å². The number of benzene rings is 1. The van der Waals surface area contributed by atoms with E-state index in [-0.39, 0.29) is 18.6 Å². The molecule has 0 radical (unpaired) electrons. The predicted octanol–water partition coefficient (Wildman–Crippen LogP) is 2.67. The molecule has 1 aromatic rings. The lowest BCUT2D eigenvalue weighted by Gasteiger charge is -2.10. The van der Waals surface area contributed by atoms with Crippen molar-refractivity contribution in [1.29, 1.82) is 0 Å². The molecule has 0 aromatic heterocycles. The zero-order valence-corrected chi connectivity index (χ0v) is 10.3. The Morgan fingerprint density at radius 2 is 2.00 bits per heavy atom. The third kappa shape index (κ3) is 3.93. The number of hydrogen-bond acceptors (Lipinski definition) is 3. The molecule has 0 aliphatic heterocycles. The van der Waals surface area contributed by atoms with Gasteiger partial charge in [0.25, 0.3) is 0 Å². The Hall–Kier alpha value is -1.51. The number of carbonyl (C=O) groups is 1. The quantitative estimate of drug-likeness (QED) is 0.794. The van der Waals surface area contributed by atoms with Gasteiger partial charge in [0.05, 0.1) is 6.10 Å². The first-order valence-electron chi connectivity index (χ1n) is 5.49. The molecule has 0 saturated carbocycles. The van der Waals surface area contributed by atoms with Gasteiger partial charge in [0, 0.05) is 5.69 Å². The molecule has 3 nitrogen and oxygen atoms in total. The molecule has 0 heterocycles. The number of esters is 1. The number of rotatable bonds is 4. The highest BCUT2D eigenvalue weighted by atomic mass is 16.5. The lowest BCUT2D eigenvalue weighted by atomic mass is 10.1. The van der Waals surface area contributed by atoms with Gasteiger partial charge in [-0.2, -0.15) is 0 Å². The lowest BCUT2D eigenvalue weighted by Crippen LogP contribution is -2.20. The molecular formula is C13H19NO2. The van der Waals surface area contributed by atoms with E-state index in [9.17, 15) is 4.79 Å². The van der Waals surface area contributed by atoms with Crippen LogP contribution in [0.2, 0.25) is 0 Å². The molecule has 3 heteroatoms. The Labute approximate surface area is 96.8 Å². The average Bonchev–Trinajstić information content (AvgIpc) is 2.19. The molecule has 0 bridgehead atoms. The van der Waals surface area contributed by atoms with Crippen LogP contribution in [-0.2, 0) is 9.53 Å². The Morgan fingerprint density at radius 1 is 1.31 bits per heavy atom. The maximum atomic E-state index is 11.3. The Kier molecular flexibility index (Phi) is 4.35. The van der Waals surface area contributed by atoms with Crippen LogP contribution >= 0.6 is 0 Å². The Morgan fingerprint density at radius 3 is 2.56 bits per heavy atom. The van der Waals surface area contributed by atoms with E-state index in [0.29, 0.717) is 0 Å². The van der Waals surface area contributed by atoms with Crippen molar-refractivity contribution in [3.63, 3.8) is 0 Å². The van der Waals surface area contributed by atoms with Crippen molar-refractivity contribution in [3.05, 3.63) is 29.3 Å². The molecule has 1 aromatic carbocycles. The molecule has 0 saturated heterocycles. The van der Waals surface area contributed by atoms with Crippen LogP contribution in [0.3, 0.4) is 0 Å². The van der Waals surface area contributed by atoms with Crippen LogP contribution in [0.5, 0.6) is 0 Å². The highest BCUT2D eigenvalue weighted by Crippen LogP contribution is 2.13. The number of anilines is 1. The van der Waals surface area contributed by atoms with Crippen molar-refractivity contribution in [2.75, 3.05) is 11.9 Å². The summed E-state index contributed by atoms with van der Waals surface area (Å²) in [7, 11) is 0. The standard InChI is InChI=1S/C13H19NO2/c1-9(2)16-13(15)8-14-12-6-5-10(3)11(4)7-12/h5-7,9,14H,8H2,1-4H3. The highest BCUT2D eigenvalue weighted by molar-refractivity contribution is 5.75. The highest BCUT2D eigenvalue weighted by Gasteiger charge is 2.05. The van der Waals surface area contributed by atoms with Crippen LogP contribution in [-0.4, -0.2) is 18.6 Å². The van der Waals surface area contributed by atoms with Crippen molar-refractivity contribution in [2.45, 2.75) is 33.8 Å². The summed E-state index contributed by atoms with van der Waals surface area (Å²) in [5.74, 6) is -0.228. The zero-order chi connectivity index (χ0) is 12.1. The second-order valence-corrected chi connectivity index (χ2v) is 4.19. The molecule has 1 N–H and O–H groups in total. The van der Waals surface area contributed by atoms with E-state index < -0.39 is 0 Å². The molecule has 88 valence electrons. The minimum absolute atomic E-state index is 0.0611. The van der Waals surface area contributed by atoms with E-state index in [1.165, 1.54) is 11.1 Å². The zero-order valence-electron chi connectivity index (χ0n) is 10.3. The fourth-order valence-corrected chi connectivity index (χ4v) is 1.33. The summed E-state index contributed by atoms with van der Waals surface area (Å²) < 4.78 is 5.02. The minimum Gasteiger partial charge on any atom is -0.462 e. The van der Waals surface area contributed by atoms with Gasteiger partial charge in [0.2, 0.25) is 0 Å². The normalized spacial score (nSPS) is 10.3. The van der Waals surface area contributed by atoms with Crippen LogP contribution in [0.4, 0.5) is 5.69 Å². The largest absolute Gasteiger partial charge is 0.462 e. The van der Waals surface area contributed by atoms with Crippen LogP contribution in [0.1, 0.15) is 25.0 Å². The Bertz CT molecular complexity index is 372. The van der Waals surface area contributed by atoms with Crippen molar-refractivity contribution in [1.82, 2.24) is 0 Å². The summed E-state index contributed by atoms with van der Waals surface area (Å²) in [6.07, 6.45) is -0.0611. The van der Waals surface area contributed by atoms with E-state index in [1.807, 2.05) is 39.0 Å². The first-order valence-corrected chi connectivity index (χ1v) is 5.49. The summed E-state index contributed by atoms with van der Waals surface area (Å²) in [5, 5.41) is 3.04. The van der Waals surface area contributed by atoms with E-state index in [1.54, 1.807) is 0 Å². The van der Waals surface area contributed by atoms with Gasteiger partial charge in [0.15, 0.2) is 0 Å². The van der Waals surface area contributed by atoms with Crippen LogP contribution < -0.4 is 5.32 Å². The van der Waals surface area contributed by atoms with Gasteiger partial charge in [-0.05, 0) is 51.0 Å². The van der Waals surface area contributed by atoms with Gasteiger partial charge in [0.1, 0.15) is 6.54 Å². The molecule has 0 atom stereocenters. The number of hydrogen-bond donors (Lipinski definition) is 1. The summed E-state index contributed by atoms with van der Waals surface area (Å²) in [6.45, 7) is 8.00. The van der Waals surface area contributed by atoms with Crippen LogP contribution in [0.25, 0.3) is 0 Å². The van der Waals surface area contributed by atoms with E-state index in [2.05, 4.69) is 12.2 Å². The maximum absolute atomic E-state index is 11.3. The number of nitrogens with one attached hydrogen (secondary N) is 1. The van der Waals surface area contributed by atoms with Gasteiger partial charge >= 0.3 is 5.97 Å². The summed E-state index contributed by atoms with van der Waals surface area (Å²) in [4.78, 5) is 11.3. The number of ether oxygens (including phenoxy) is 1. The Balaban J connectivity index is 2.48. The predicted molar refractivity (Wildman–Crippen MR) is 65.6 cm³/mol. The van der Waals surface area contributed by atoms with Crippen LogP contribution in [0.15, 0.2) is 18.2 Å². The molecule has 0 unspecified atom stereocenters. The fraction of sp³-hybridized carbons (Fsp3) is 0.462. The second-order valence-electron chi connectivity index (χ2n) is 4.19. The number of carbonyl (C=O) groups excluding carboxylic acids is 1. The van der Waals surface area contributed by atoms with Crippen molar-refractivity contribution in [3.8, 4) is 0 Å². The van der Waals surface area contributed by atoms with Crippen molar-refractivity contribution in [2.24, 2.45) is 0 Å². The summed E-state index contributed by atoms with van der Waals surface area (Å²) in [5.41, 5.74) is 3.40. The van der Waals surface area contributed by atoms with Gasteiger partial charge in [-0.25, -0.2) is 0 Å². The summed E-state index contributed by atoms with van der Waals surface area (Å²) in [6, 6.07) is 6.02. The van der Waals surface area contributed by atoms with E-state index in [0.717, 1.165) is 5.69 Å². The van der Waals surface area contributed by atoms with E-state index >= 15 is 0 Å². The fourth-order valence-electron chi connectivity index (χ4n) is 1.33. The first-order chi connectivity index (χ1) is 7.49. The van der Waals surface area contributed by atoms with Gasteiger partial charge < -0.3 is 10.1 Å². The monoisotopic (exact) mass is 221 g/mol. The topological polar surface area (TPSA) is 38.3 Å². The number of aryl methyl sites for hydroxylation is 2. The molecule has 0 fully saturated rings. The third-order valence-corrected chi connectivity index (χ3v) is 2.31. The molecule has 16 heavy (non-hydrogen) atoms. The molecule has 0 spiro atoms. The third-order valence-electron chi connectivity index (χ3n) is 2.31. The average molecular weight is 221 g/mol. The molecule has 1 rings (SSSR count). The maximum Gasteiger partial charge on any atom is 0.325 e. The second kappa shape index (κ2) is 5.54. The summed E-state index contributed by atoms with van der Waals surface area (Å²) >= 11 is 0. The van der Waals surface area contributed by atoms with Gasteiger partial charge in [-0.15, -0.1) is 0 Å². The molecule has 0 amide bonds. The van der Waals surface area contributed by atoms with Gasteiger partial charge in [-0.1, -0.05) is 6.07 Å². The van der Waals surface area contributed by atoms with E-state index in [4.69, 9.17) is 4.74 Å². The molecule has 0 aliphatic rings. The van der Waals surface area contributed by atoms with Gasteiger partial charge in [-0.3, -0.25) is 4.79 Å².